The minimum atomic E-state index is -1.37. The molecule has 0 aliphatic carbocycles. The third-order valence-electron chi connectivity index (χ3n) is 2.78. The monoisotopic (exact) mass is 254 g/mol. The van der Waals surface area contributed by atoms with E-state index < -0.39 is 36.4 Å². The number of ether oxygens (including phenoxy) is 1. The smallest absolute Gasteiger partial charge is 0.330 e. The zero-order valence-corrected chi connectivity index (χ0v) is 9.30. The van der Waals surface area contributed by atoms with Crippen LogP contribution in [-0.2, 0) is 4.74 Å². The van der Waals surface area contributed by atoms with Crippen LogP contribution in [0, 0.1) is 12.3 Å². The number of H-pyrrole nitrogens is 1. The van der Waals surface area contributed by atoms with E-state index in [4.69, 9.17) is 16.3 Å². The second-order valence-corrected chi connectivity index (χ2v) is 3.92. The Labute approximate surface area is 101 Å². The Hall–Kier alpha value is -1.91. The summed E-state index contributed by atoms with van der Waals surface area (Å²) >= 11 is 0. The predicted molar refractivity (Wildman–Crippen MR) is 59.8 cm³/mol. The van der Waals surface area contributed by atoms with Crippen molar-refractivity contribution in [2.45, 2.75) is 24.9 Å². The lowest BCUT2D eigenvalue weighted by Gasteiger charge is -2.14. The summed E-state index contributed by atoms with van der Waals surface area (Å²) in [6, 6.07) is 0. The first-order valence-electron chi connectivity index (χ1n) is 5.29. The van der Waals surface area contributed by atoms with Gasteiger partial charge in [-0.25, -0.2) is 9.18 Å². The number of terminal acetylenes is 1. The molecule has 1 aliphatic rings. The van der Waals surface area contributed by atoms with Gasteiger partial charge in [0.15, 0.2) is 0 Å². The largest absolute Gasteiger partial charge is 0.394 e. The minimum Gasteiger partial charge on any atom is -0.394 e. The van der Waals surface area contributed by atoms with Gasteiger partial charge in [0.2, 0.25) is 0 Å². The maximum absolute atomic E-state index is 13.4. The summed E-state index contributed by atoms with van der Waals surface area (Å²) in [6.45, 7) is -0.474. The highest BCUT2D eigenvalue weighted by molar-refractivity contribution is 5.26. The van der Waals surface area contributed by atoms with Crippen molar-refractivity contribution in [2.24, 2.45) is 0 Å². The molecular formula is C11H11FN2O4. The Morgan fingerprint density at radius 3 is 2.94 bits per heavy atom. The number of aromatic amines is 1. The van der Waals surface area contributed by atoms with Gasteiger partial charge in [-0.15, -0.1) is 6.42 Å². The molecule has 0 saturated carbocycles. The number of rotatable bonds is 2. The molecule has 0 amide bonds. The van der Waals surface area contributed by atoms with Crippen LogP contribution < -0.4 is 11.2 Å². The van der Waals surface area contributed by atoms with Crippen molar-refractivity contribution in [3.8, 4) is 12.3 Å². The summed E-state index contributed by atoms with van der Waals surface area (Å²) in [5.41, 5.74) is -1.44. The van der Waals surface area contributed by atoms with Crippen LogP contribution in [0.2, 0.25) is 0 Å². The Morgan fingerprint density at radius 1 is 1.67 bits per heavy atom. The van der Waals surface area contributed by atoms with E-state index in [1.807, 2.05) is 4.98 Å². The highest BCUT2D eigenvalue weighted by atomic mass is 19.1. The molecule has 1 saturated heterocycles. The number of nitrogens with zero attached hydrogens (tertiary/aromatic N) is 1. The topological polar surface area (TPSA) is 84.3 Å². The predicted octanol–water partition coefficient (Wildman–Crippen LogP) is -0.864. The molecule has 18 heavy (non-hydrogen) atoms. The van der Waals surface area contributed by atoms with Gasteiger partial charge in [-0.05, 0) is 0 Å². The first-order valence-corrected chi connectivity index (χ1v) is 5.29. The maximum Gasteiger partial charge on any atom is 0.330 e. The Kier molecular flexibility index (Phi) is 3.32. The number of alkyl halides is 1. The van der Waals surface area contributed by atoms with Crippen molar-refractivity contribution in [3.05, 3.63) is 32.6 Å². The third kappa shape index (κ3) is 2.08. The Morgan fingerprint density at radius 2 is 2.39 bits per heavy atom. The van der Waals surface area contributed by atoms with Crippen LogP contribution in [0.25, 0.3) is 0 Å². The Bertz CT molecular complexity index is 600. The van der Waals surface area contributed by atoms with Crippen LogP contribution in [0.5, 0.6) is 0 Å². The van der Waals surface area contributed by atoms with Crippen LogP contribution in [0.4, 0.5) is 4.39 Å². The second kappa shape index (κ2) is 4.76. The van der Waals surface area contributed by atoms with Crippen LogP contribution in [0.3, 0.4) is 0 Å². The normalized spacial score (nSPS) is 27.1. The van der Waals surface area contributed by atoms with Gasteiger partial charge in [-0.2, -0.15) is 0 Å². The van der Waals surface area contributed by atoms with Gasteiger partial charge < -0.3 is 9.84 Å². The maximum atomic E-state index is 13.4. The molecule has 1 aromatic rings. The van der Waals surface area contributed by atoms with Crippen LogP contribution in [-0.4, -0.2) is 33.5 Å². The van der Waals surface area contributed by atoms with Crippen molar-refractivity contribution in [1.29, 1.82) is 0 Å². The molecule has 1 aliphatic heterocycles. The summed E-state index contributed by atoms with van der Waals surface area (Å²) in [5.74, 6) is 2.12. The highest BCUT2D eigenvalue weighted by Gasteiger charge is 2.36. The van der Waals surface area contributed by atoms with E-state index in [9.17, 15) is 14.0 Å². The zero-order valence-electron chi connectivity index (χ0n) is 9.30. The first-order chi connectivity index (χ1) is 8.56. The molecule has 6 nitrogen and oxygen atoms in total. The van der Waals surface area contributed by atoms with E-state index in [2.05, 4.69) is 5.92 Å². The van der Waals surface area contributed by atoms with Crippen LogP contribution in [0.1, 0.15) is 18.2 Å². The van der Waals surface area contributed by atoms with Crippen molar-refractivity contribution >= 4 is 0 Å². The summed E-state index contributed by atoms with van der Waals surface area (Å²) < 4.78 is 19.6. The summed E-state index contributed by atoms with van der Waals surface area (Å²) in [7, 11) is 0. The average molecular weight is 254 g/mol. The fraction of sp³-hybridized carbons (Fsp3) is 0.455. The molecule has 1 fully saturated rings. The molecule has 96 valence electrons. The number of hydrogen-bond donors (Lipinski definition) is 2. The van der Waals surface area contributed by atoms with Gasteiger partial charge in [0.05, 0.1) is 6.61 Å². The summed E-state index contributed by atoms with van der Waals surface area (Å²) in [5, 5.41) is 8.87. The molecule has 0 bridgehead atoms. The molecule has 1 aromatic heterocycles. The molecule has 2 rings (SSSR count). The molecule has 2 heterocycles. The fourth-order valence-corrected chi connectivity index (χ4v) is 1.83. The molecule has 0 radical (unpaired) electrons. The summed E-state index contributed by atoms with van der Waals surface area (Å²) in [4.78, 5) is 24.9. The van der Waals surface area contributed by atoms with Crippen molar-refractivity contribution in [1.82, 2.24) is 9.55 Å². The third-order valence-corrected chi connectivity index (χ3v) is 2.78. The van der Waals surface area contributed by atoms with Gasteiger partial charge in [0, 0.05) is 12.6 Å². The zero-order chi connectivity index (χ0) is 13.3. The minimum absolute atomic E-state index is 0.0407. The van der Waals surface area contributed by atoms with Crippen LogP contribution >= 0.6 is 0 Å². The number of halogens is 1. The Balaban J connectivity index is 2.39. The van der Waals surface area contributed by atoms with E-state index in [1.54, 1.807) is 0 Å². The average Bonchev–Trinajstić information content (AvgIpc) is 2.70. The molecular weight excluding hydrogens is 243 g/mol. The van der Waals surface area contributed by atoms with E-state index in [1.165, 1.54) is 0 Å². The lowest BCUT2D eigenvalue weighted by molar-refractivity contribution is -0.0356. The molecule has 7 heteroatoms. The number of hydrogen-bond acceptors (Lipinski definition) is 4. The van der Waals surface area contributed by atoms with E-state index in [0.29, 0.717) is 0 Å². The quantitative estimate of drug-likeness (QED) is 0.672. The number of aliphatic hydroxyl groups excluding tert-OH is 1. The molecule has 3 atom stereocenters. The number of aromatic nitrogens is 2. The molecule has 0 aromatic carbocycles. The first kappa shape index (κ1) is 12.5. The van der Waals surface area contributed by atoms with Gasteiger partial charge in [-0.3, -0.25) is 14.3 Å². The lowest BCUT2D eigenvalue weighted by atomic mass is 10.2. The van der Waals surface area contributed by atoms with Gasteiger partial charge in [0.1, 0.15) is 24.1 Å². The summed E-state index contributed by atoms with van der Waals surface area (Å²) in [6.07, 6.45) is 2.96. The molecule has 1 unspecified atom stereocenters. The van der Waals surface area contributed by atoms with Crippen molar-refractivity contribution in [3.63, 3.8) is 0 Å². The second-order valence-electron chi connectivity index (χ2n) is 3.92. The van der Waals surface area contributed by atoms with Gasteiger partial charge in [0.25, 0.3) is 5.56 Å². The fourth-order valence-electron chi connectivity index (χ4n) is 1.83. The van der Waals surface area contributed by atoms with E-state index in [0.717, 1.165) is 10.8 Å². The van der Waals surface area contributed by atoms with Crippen molar-refractivity contribution in [2.75, 3.05) is 6.61 Å². The van der Waals surface area contributed by atoms with Crippen molar-refractivity contribution < 1.29 is 14.2 Å². The SMILES string of the molecule is C#Cc1cn([C@@H]2CC(F)[C@H](CO)O2)c(=O)[nH]c1=O. The lowest BCUT2D eigenvalue weighted by Crippen LogP contribution is -2.33. The standard InChI is InChI=1S/C11H11FN2O4/c1-2-6-4-14(11(17)13-10(6)16)9-3-7(12)8(5-15)18-9/h1,4,7-9,15H,3,5H2,(H,13,16,17)/t7?,8-,9-/m0/s1. The number of aliphatic hydroxyl groups is 1. The van der Waals surface area contributed by atoms with Gasteiger partial charge >= 0.3 is 5.69 Å². The van der Waals surface area contributed by atoms with Crippen LogP contribution in [0.15, 0.2) is 15.8 Å². The highest BCUT2D eigenvalue weighted by Crippen LogP contribution is 2.29. The molecule has 0 spiro atoms. The number of nitrogens with one attached hydrogen (secondary N) is 1. The van der Waals surface area contributed by atoms with Gasteiger partial charge in [-0.1, -0.05) is 5.92 Å². The van der Waals surface area contributed by atoms with E-state index in [-0.39, 0.29) is 12.0 Å². The van der Waals surface area contributed by atoms with E-state index >= 15 is 0 Å². The molecule has 2 N–H and O–H groups in total.